The zero-order valence-electron chi connectivity index (χ0n) is 12.0. The van der Waals surface area contributed by atoms with Crippen molar-refractivity contribution in [2.75, 3.05) is 19.0 Å². The summed E-state index contributed by atoms with van der Waals surface area (Å²) in [6, 6.07) is 2.25. The maximum absolute atomic E-state index is 12.1. The van der Waals surface area contributed by atoms with Crippen LogP contribution in [0.4, 0.5) is 5.69 Å². The summed E-state index contributed by atoms with van der Waals surface area (Å²) in [5.74, 6) is 0. The number of rotatable bonds is 7. The van der Waals surface area contributed by atoms with Crippen molar-refractivity contribution in [3.8, 4) is 0 Å². The monoisotopic (exact) mass is 327 g/mol. The van der Waals surface area contributed by atoms with Gasteiger partial charge in [-0.3, -0.25) is 4.79 Å². The molecule has 0 aliphatic rings. The molecule has 114 valence electrons. The van der Waals surface area contributed by atoms with E-state index in [1.165, 1.54) is 10.2 Å². The van der Waals surface area contributed by atoms with Crippen LogP contribution >= 0.6 is 22.9 Å². The Morgan fingerprint density at radius 2 is 2.38 bits per heavy atom. The molecule has 1 atom stereocenters. The fraction of sp³-hybridized carbons (Fsp3) is 0.429. The number of hydrogen-bond donors (Lipinski definition) is 1. The second kappa shape index (κ2) is 7.59. The quantitative estimate of drug-likeness (QED) is 0.849. The van der Waals surface area contributed by atoms with Crippen LogP contribution in [0, 0.1) is 0 Å². The van der Waals surface area contributed by atoms with Crippen LogP contribution in [-0.2, 0) is 17.7 Å². The van der Waals surface area contributed by atoms with Gasteiger partial charge in [-0.1, -0.05) is 11.6 Å². The molecule has 0 aliphatic carbocycles. The third kappa shape index (κ3) is 4.30. The van der Waals surface area contributed by atoms with Gasteiger partial charge in [-0.25, -0.2) is 4.68 Å². The van der Waals surface area contributed by atoms with Gasteiger partial charge in [-0.05, 0) is 35.7 Å². The van der Waals surface area contributed by atoms with Gasteiger partial charge >= 0.3 is 0 Å². The summed E-state index contributed by atoms with van der Waals surface area (Å²) in [4.78, 5) is 12.1. The van der Waals surface area contributed by atoms with E-state index in [0.29, 0.717) is 18.8 Å². The van der Waals surface area contributed by atoms with Crippen molar-refractivity contribution in [2.24, 2.45) is 0 Å². The number of aromatic nitrogens is 2. The van der Waals surface area contributed by atoms with Crippen molar-refractivity contribution >= 4 is 28.6 Å². The standard InChI is InChI=1S/C14H18ClN3O2S/c1-10(7-11-3-6-21-9-11)17-12-8-16-18(4-5-20-2)14(19)13(12)15/h3,6,8-10,17H,4-5,7H2,1-2H3. The molecular weight excluding hydrogens is 310 g/mol. The maximum Gasteiger partial charge on any atom is 0.287 e. The molecule has 0 aromatic carbocycles. The van der Waals surface area contributed by atoms with E-state index in [0.717, 1.165) is 6.42 Å². The summed E-state index contributed by atoms with van der Waals surface area (Å²) >= 11 is 7.80. The van der Waals surface area contributed by atoms with Gasteiger partial charge in [-0.15, -0.1) is 0 Å². The summed E-state index contributed by atoms with van der Waals surface area (Å²) in [7, 11) is 1.58. The molecule has 0 saturated heterocycles. The number of thiophene rings is 1. The minimum absolute atomic E-state index is 0.160. The Hall–Kier alpha value is -1.37. The van der Waals surface area contributed by atoms with E-state index in [1.807, 2.05) is 12.3 Å². The molecule has 2 heterocycles. The first-order valence-corrected chi connectivity index (χ1v) is 7.96. The molecule has 0 bridgehead atoms. The molecule has 0 spiro atoms. The van der Waals surface area contributed by atoms with Crippen LogP contribution < -0.4 is 10.9 Å². The third-order valence-corrected chi connectivity index (χ3v) is 4.11. The van der Waals surface area contributed by atoms with Gasteiger partial charge in [0.25, 0.3) is 5.56 Å². The van der Waals surface area contributed by atoms with Crippen molar-refractivity contribution in [3.63, 3.8) is 0 Å². The average molecular weight is 328 g/mol. The molecule has 1 unspecified atom stereocenters. The Morgan fingerprint density at radius 3 is 3.05 bits per heavy atom. The van der Waals surface area contributed by atoms with Crippen LogP contribution in [0.1, 0.15) is 12.5 Å². The van der Waals surface area contributed by atoms with E-state index >= 15 is 0 Å². The molecule has 2 aromatic rings. The fourth-order valence-corrected chi connectivity index (χ4v) is 2.86. The number of nitrogens with zero attached hydrogens (tertiary/aromatic N) is 2. The molecule has 0 fully saturated rings. The Kier molecular flexibility index (Phi) is 5.78. The van der Waals surface area contributed by atoms with Crippen molar-refractivity contribution in [3.05, 3.63) is 44.0 Å². The van der Waals surface area contributed by atoms with Crippen LogP contribution in [0.15, 0.2) is 27.8 Å². The van der Waals surface area contributed by atoms with E-state index in [2.05, 4.69) is 21.9 Å². The summed E-state index contributed by atoms with van der Waals surface area (Å²) in [5, 5.41) is 11.7. The minimum atomic E-state index is -0.304. The first kappa shape index (κ1) is 16.0. The van der Waals surface area contributed by atoms with Gasteiger partial charge in [0.15, 0.2) is 0 Å². The summed E-state index contributed by atoms with van der Waals surface area (Å²) in [6.45, 7) is 2.86. The first-order chi connectivity index (χ1) is 10.1. The van der Waals surface area contributed by atoms with Gasteiger partial charge in [-0.2, -0.15) is 16.4 Å². The second-order valence-electron chi connectivity index (χ2n) is 4.77. The largest absolute Gasteiger partial charge is 0.383 e. The highest BCUT2D eigenvalue weighted by atomic mass is 35.5. The highest BCUT2D eigenvalue weighted by molar-refractivity contribution is 7.07. The van der Waals surface area contributed by atoms with Gasteiger partial charge in [0.05, 0.1) is 25.0 Å². The van der Waals surface area contributed by atoms with Crippen LogP contribution in [-0.4, -0.2) is 29.5 Å². The van der Waals surface area contributed by atoms with Crippen molar-refractivity contribution in [2.45, 2.75) is 25.9 Å². The number of halogens is 1. The number of methoxy groups -OCH3 is 1. The van der Waals surface area contributed by atoms with Crippen molar-refractivity contribution < 1.29 is 4.74 Å². The summed E-state index contributed by atoms with van der Waals surface area (Å²) < 4.78 is 6.24. The van der Waals surface area contributed by atoms with Crippen LogP contribution in [0.2, 0.25) is 5.02 Å². The van der Waals surface area contributed by atoms with E-state index in [9.17, 15) is 4.79 Å². The maximum atomic E-state index is 12.1. The first-order valence-electron chi connectivity index (χ1n) is 6.64. The smallest absolute Gasteiger partial charge is 0.287 e. The number of ether oxygens (including phenoxy) is 1. The van der Waals surface area contributed by atoms with Gasteiger partial charge < -0.3 is 10.1 Å². The lowest BCUT2D eigenvalue weighted by atomic mass is 10.1. The summed E-state index contributed by atoms with van der Waals surface area (Å²) in [5.41, 5.74) is 1.53. The van der Waals surface area contributed by atoms with E-state index in [4.69, 9.17) is 16.3 Å². The zero-order valence-corrected chi connectivity index (χ0v) is 13.6. The van der Waals surface area contributed by atoms with Crippen molar-refractivity contribution in [1.29, 1.82) is 0 Å². The molecule has 0 aliphatic heterocycles. The lowest BCUT2D eigenvalue weighted by molar-refractivity contribution is 0.182. The molecule has 1 N–H and O–H groups in total. The molecule has 2 rings (SSSR count). The Morgan fingerprint density at radius 1 is 1.57 bits per heavy atom. The molecule has 2 aromatic heterocycles. The predicted octanol–water partition coefficient (Wildman–Crippen LogP) is 2.65. The molecular formula is C14H18ClN3O2S. The molecule has 0 amide bonds. The van der Waals surface area contributed by atoms with Crippen molar-refractivity contribution in [1.82, 2.24) is 9.78 Å². The number of nitrogens with one attached hydrogen (secondary N) is 1. The SMILES string of the molecule is COCCn1ncc(NC(C)Cc2ccsc2)c(Cl)c1=O. The highest BCUT2D eigenvalue weighted by Crippen LogP contribution is 2.18. The molecule has 7 heteroatoms. The zero-order chi connectivity index (χ0) is 15.2. The van der Waals surface area contributed by atoms with E-state index in [1.54, 1.807) is 24.6 Å². The second-order valence-corrected chi connectivity index (χ2v) is 5.93. The molecule has 0 saturated carbocycles. The number of hydrogen-bond acceptors (Lipinski definition) is 5. The van der Waals surface area contributed by atoms with Gasteiger partial charge in [0.1, 0.15) is 5.02 Å². The number of anilines is 1. The fourth-order valence-electron chi connectivity index (χ4n) is 1.98. The Balaban J connectivity index is 2.06. The molecule has 5 nitrogen and oxygen atoms in total. The van der Waals surface area contributed by atoms with Gasteiger partial charge in [0.2, 0.25) is 0 Å². The summed E-state index contributed by atoms with van der Waals surface area (Å²) in [6.07, 6.45) is 2.45. The highest BCUT2D eigenvalue weighted by Gasteiger charge is 2.12. The lowest BCUT2D eigenvalue weighted by Gasteiger charge is -2.16. The average Bonchev–Trinajstić information content (AvgIpc) is 2.96. The normalized spacial score (nSPS) is 12.3. The van der Waals surface area contributed by atoms with Gasteiger partial charge in [0, 0.05) is 13.2 Å². The topological polar surface area (TPSA) is 56.1 Å². The van der Waals surface area contributed by atoms with E-state index < -0.39 is 0 Å². The Bertz CT molecular complexity index is 628. The van der Waals surface area contributed by atoms with Crippen LogP contribution in [0.5, 0.6) is 0 Å². The lowest BCUT2D eigenvalue weighted by Crippen LogP contribution is -2.27. The molecule has 0 radical (unpaired) electrons. The minimum Gasteiger partial charge on any atom is -0.383 e. The van der Waals surface area contributed by atoms with Crippen LogP contribution in [0.25, 0.3) is 0 Å². The van der Waals surface area contributed by atoms with E-state index in [-0.39, 0.29) is 16.6 Å². The predicted molar refractivity (Wildman–Crippen MR) is 86.5 cm³/mol. The molecule has 21 heavy (non-hydrogen) atoms. The Labute approximate surface area is 132 Å². The van der Waals surface area contributed by atoms with Crippen LogP contribution in [0.3, 0.4) is 0 Å². The third-order valence-electron chi connectivity index (χ3n) is 3.02.